The summed E-state index contributed by atoms with van der Waals surface area (Å²) in [5.41, 5.74) is 14.6. The number of allylic oxidation sites excluding steroid dienone is 3. The van der Waals surface area contributed by atoms with E-state index in [2.05, 4.69) is 52.3 Å². The standard InChI is InChI=1S/C29H29F2N5S.C2H2/c1-3-19(16-36-11-9-29(30,31)18-36)13-20(4-2)21-5-6-25(32)23(14-21)15-26-34-27-24(22-8-12-37-17-22)7-10-33-28(27)35-26;1-2/h3-8,10,12-14,17H,1,9,11,15-16,18,32H2,2H3,(H,33,34,35);1-2H/b19-13+,20-4+;. The Bertz CT molecular complexity index is 1530. The monoisotopic (exact) mass is 543 g/mol. The first-order valence-corrected chi connectivity index (χ1v) is 13.5. The second kappa shape index (κ2) is 12.2. The molecule has 5 nitrogen and oxygen atoms in total. The summed E-state index contributed by atoms with van der Waals surface area (Å²) in [5.74, 6) is -1.83. The number of nitrogen functional groups attached to an aromatic ring is 1. The zero-order chi connectivity index (χ0) is 28.0. The number of alkyl halides is 2. The number of hydrogen-bond acceptors (Lipinski definition) is 5. The number of nitrogens with one attached hydrogen (secondary N) is 1. The molecular formula is C31H31F2N5S. The number of halogens is 2. The van der Waals surface area contributed by atoms with Gasteiger partial charge in [0.2, 0.25) is 0 Å². The third-order valence-electron chi connectivity index (χ3n) is 6.68. The van der Waals surface area contributed by atoms with E-state index in [1.807, 2.05) is 37.3 Å². The third kappa shape index (κ3) is 6.51. The summed E-state index contributed by atoms with van der Waals surface area (Å²) >= 11 is 1.65. The largest absolute Gasteiger partial charge is 0.398 e. The lowest BCUT2D eigenvalue weighted by atomic mass is 9.98. The normalized spacial score (nSPS) is 15.7. The second-order valence-corrected chi connectivity index (χ2v) is 10.1. The topological polar surface area (TPSA) is 70.8 Å². The van der Waals surface area contributed by atoms with Crippen molar-refractivity contribution in [1.82, 2.24) is 19.9 Å². The van der Waals surface area contributed by atoms with E-state index in [9.17, 15) is 8.78 Å². The molecule has 1 aromatic carbocycles. The number of benzene rings is 1. The van der Waals surface area contributed by atoms with Gasteiger partial charge in [-0.2, -0.15) is 11.3 Å². The molecule has 1 saturated heterocycles. The molecule has 1 fully saturated rings. The molecule has 4 heterocycles. The molecule has 0 unspecified atom stereocenters. The van der Waals surface area contributed by atoms with E-state index in [-0.39, 0.29) is 13.0 Å². The molecule has 0 bridgehead atoms. The van der Waals surface area contributed by atoms with Crippen LogP contribution >= 0.6 is 11.3 Å². The Labute approximate surface area is 231 Å². The molecule has 1 aliphatic heterocycles. The minimum atomic E-state index is -2.61. The van der Waals surface area contributed by atoms with Gasteiger partial charge in [0.25, 0.3) is 5.92 Å². The quantitative estimate of drug-likeness (QED) is 0.143. The van der Waals surface area contributed by atoms with Gasteiger partial charge in [0.05, 0.1) is 12.1 Å². The molecule has 8 heteroatoms. The summed E-state index contributed by atoms with van der Waals surface area (Å²) in [5, 5.41) is 4.16. The Morgan fingerprint density at radius 2 is 2.10 bits per heavy atom. The number of terminal acetylenes is 1. The highest BCUT2D eigenvalue weighted by molar-refractivity contribution is 7.08. The highest BCUT2D eigenvalue weighted by Crippen LogP contribution is 2.30. The van der Waals surface area contributed by atoms with Crippen LogP contribution in [0.1, 0.15) is 30.3 Å². The van der Waals surface area contributed by atoms with E-state index >= 15 is 0 Å². The molecule has 3 N–H and O–H groups in total. The predicted molar refractivity (Wildman–Crippen MR) is 159 cm³/mol. The fourth-order valence-electron chi connectivity index (χ4n) is 4.72. The molecular weight excluding hydrogens is 512 g/mol. The van der Waals surface area contributed by atoms with Gasteiger partial charge in [-0.25, -0.2) is 18.7 Å². The molecule has 0 spiro atoms. The average molecular weight is 544 g/mol. The molecule has 4 aromatic rings. The van der Waals surface area contributed by atoms with Gasteiger partial charge >= 0.3 is 0 Å². The van der Waals surface area contributed by atoms with Crippen molar-refractivity contribution in [1.29, 1.82) is 0 Å². The van der Waals surface area contributed by atoms with E-state index in [0.717, 1.165) is 44.7 Å². The lowest BCUT2D eigenvalue weighted by molar-refractivity contribution is 0.0131. The molecule has 0 atom stereocenters. The number of nitrogens with zero attached hydrogens (tertiary/aromatic N) is 3. The van der Waals surface area contributed by atoms with Crippen LogP contribution in [0.25, 0.3) is 27.9 Å². The van der Waals surface area contributed by atoms with Crippen LogP contribution in [0.15, 0.2) is 77.7 Å². The Hall–Kier alpha value is -4.06. The zero-order valence-electron chi connectivity index (χ0n) is 21.8. The summed E-state index contributed by atoms with van der Waals surface area (Å²) in [7, 11) is 0. The molecule has 0 saturated carbocycles. The van der Waals surface area contributed by atoms with Crippen molar-refractivity contribution in [2.24, 2.45) is 0 Å². The molecule has 0 radical (unpaired) electrons. The first kappa shape index (κ1) is 28.0. The minimum absolute atomic E-state index is 0.0959. The first-order chi connectivity index (χ1) is 18.8. The fourth-order valence-corrected chi connectivity index (χ4v) is 5.38. The van der Waals surface area contributed by atoms with Crippen molar-refractivity contribution in [3.05, 3.63) is 94.6 Å². The highest BCUT2D eigenvalue weighted by atomic mass is 32.1. The van der Waals surface area contributed by atoms with E-state index < -0.39 is 5.92 Å². The van der Waals surface area contributed by atoms with Gasteiger partial charge in [0.15, 0.2) is 5.65 Å². The predicted octanol–water partition coefficient (Wildman–Crippen LogP) is 6.97. The van der Waals surface area contributed by atoms with Crippen LogP contribution in [-0.4, -0.2) is 45.4 Å². The van der Waals surface area contributed by atoms with Gasteiger partial charge in [0.1, 0.15) is 5.82 Å². The number of rotatable bonds is 8. The van der Waals surface area contributed by atoms with E-state index in [1.54, 1.807) is 28.5 Å². The molecule has 3 aromatic heterocycles. The summed E-state index contributed by atoms with van der Waals surface area (Å²) in [6, 6.07) is 10.0. The van der Waals surface area contributed by atoms with E-state index in [4.69, 9.17) is 10.7 Å². The first-order valence-electron chi connectivity index (χ1n) is 12.5. The van der Waals surface area contributed by atoms with Crippen LogP contribution in [0.2, 0.25) is 0 Å². The Morgan fingerprint density at radius 1 is 1.28 bits per heavy atom. The summed E-state index contributed by atoms with van der Waals surface area (Å²) in [6.07, 6.45) is 16.0. The maximum Gasteiger partial charge on any atom is 0.261 e. The van der Waals surface area contributed by atoms with Crippen LogP contribution in [0.3, 0.4) is 0 Å². The number of pyridine rings is 1. The Kier molecular flexibility index (Phi) is 8.75. The number of thiophene rings is 1. The average Bonchev–Trinajstić information content (AvgIpc) is 3.68. The molecule has 5 rings (SSSR count). The molecule has 39 heavy (non-hydrogen) atoms. The van der Waals surface area contributed by atoms with Crippen LogP contribution in [0.5, 0.6) is 0 Å². The van der Waals surface area contributed by atoms with Crippen LogP contribution in [-0.2, 0) is 6.42 Å². The van der Waals surface area contributed by atoms with Crippen LogP contribution in [0, 0.1) is 12.8 Å². The van der Waals surface area contributed by atoms with Gasteiger partial charge in [0, 0.05) is 43.4 Å². The second-order valence-electron chi connectivity index (χ2n) is 9.33. The summed E-state index contributed by atoms with van der Waals surface area (Å²) in [4.78, 5) is 14.4. The Balaban J connectivity index is 0.00000172. The summed E-state index contributed by atoms with van der Waals surface area (Å²) < 4.78 is 27.3. The van der Waals surface area contributed by atoms with E-state index in [1.165, 1.54) is 0 Å². The summed E-state index contributed by atoms with van der Waals surface area (Å²) in [6.45, 7) is 6.48. The number of fused-ring (bicyclic) bond motifs is 1. The molecule has 0 amide bonds. The maximum absolute atomic E-state index is 13.6. The van der Waals surface area contributed by atoms with Crippen molar-refractivity contribution < 1.29 is 8.78 Å². The number of likely N-dealkylation sites (tertiary alicyclic amines) is 1. The Morgan fingerprint density at radius 3 is 2.77 bits per heavy atom. The van der Waals surface area contributed by atoms with Crippen LogP contribution < -0.4 is 5.73 Å². The number of nitrogens with two attached hydrogens (primary N) is 1. The van der Waals surface area contributed by atoms with Crippen molar-refractivity contribution in [3.63, 3.8) is 0 Å². The molecule has 200 valence electrons. The number of H-pyrrole nitrogens is 1. The van der Waals surface area contributed by atoms with Crippen molar-refractivity contribution in [3.8, 4) is 24.0 Å². The van der Waals surface area contributed by atoms with Crippen molar-refractivity contribution in [2.45, 2.75) is 25.7 Å². The maximum atomic E-state index is 13.6. The number of imidazole rings is 1. The van der Waals surface area contributed by atoms with Crippen molar-refractivity contribution >= 4 is 33.8 Å². The van der Waals surface area contributed by atoms with Crippen molar-refractivity contribution in [2.75, 3.05) is 25.4 Å². The van der Waals surface area contributed by atoms with Gasteiger partial charge in [-0.3, -0.25) is 4.90 Å². The SMILES string of the molecule is C#C.C=C/C(=C\C(=C/C)c1ccc(N)c(Cc2nc3nccc(-c4ccsc4)c3[nH]2)c1)CN1CCC(F)(F)C1. The minimum Gasteiger partial charge on any atom is -0.398 e. The van der Waals surface area contributed by atoms with Gasteiger partial charge < -0.3 is 10.7 Å². The molecule has 1 aliphatic rings. The number of aromatic nitrogens is 3. The van der Waals surface area contributed by atoms with Gasteiger partial charge in [-0.15, -0.1) is 12.8 Å². The van der Waals surface area contributed by atoms with Gasteiger partial charge in [-0.05, 0) is 69.8 Å². The molecule has 0 aliphatic carbocycles. The zero-order valence-corrected chi connectivity index (χ0v) is 22.6. The number of aromatic amines is 1. The smallest absolute Gasteiger partial charge is 0.261 e. The number of anilines is 1. The number of hydrogen-bond donors (Lipinski definition) is 2. The fraction of sp³-hybridized carbons (Fsp3) is 0.226. The highest BCUT2D eigenvalue weighted by Gasteiger charge is 2.37. The van der Waals surface area contributed by atoms with E-state index in [0.29, 0.717) is 30.8 Å². The lowest BCUT2D eigenvalue weighted by Crippen LogP contribution is -2.26. The van der Waals surface area contributed by atoms with Gasteiger partial charge in [-0.1, -0.05) is 30.9 Å². The lowest BCUT2D eigenvalue weighted by Gasteiger charge is -2.17. The van der Waals surface area contributed by atoms with Crippen LogP contribution in [0.4, 0.5) is 14.5 Å². The third-order valence-corrected chi connectivity index (χ3v) is 7.36.